The van der Waals surface area contributed by atoms with Crippen LogP contribution in [0.15, 0.2) is 48.5 Å². The number of rotatable bonds is 4. The van der Waals surface area contributed by atoms with E-state index in [1.54, 1.807) is 22.9 Å². The van der Waals surface area contributed by atoms with Crippen LogP contribution in [0.3, 0.4) is 0 Å². The van der Waals surface area contributed by atoms with Gasteiger partial charge in [0, 0.05) is 29.6 Å². The molecule has 27 heavy (non-hydrogen) atoms. The Morgan fingerprint density at radius 1 is 1.15 bits per heavy atom. The fourth-order valence-electron chi connectivity index (χ4n) is 3.51. The molecule has 0 unspecified atom stereocenters. The Labute approximate surface area is 161 Å². The number of halogens is 1. The third-order valence-electron chi connectivity index (χ3n) is 4.84. The van der Waals surface area contributed by atoms with Gasteiger partial charge in [0.2, 0.25) is 0 Å². The Bertz CT molecular complexity index is 999. The van der Waals surface area contributed by atoms with Crippen LogP contribution in [0, 0.1) is 10.1 Å². The van der Waals surface area contributed by atoms with Crippen LogP contribution in [-0.4, -0.2) is 21.2 Å². The molecule has 4 rings (SSSR count). The highest BCUT2D eigenvalue weighted by Crippen LogP contribution is 2.33. The van der Waals surface area contributed by atoms with Gasteiger partial charge in [0.1, 0.15) is 11.5 Å². The smallest absolute Gasteiger partial charge is 0.294 e. The van der Waals surface area contributed by atoms with Crippen molar-refractivity contribution in [3.8, 4) is 5.69 Å². The highest BCUT2D eigenvalue weighted by molar-refractivity contribution is 6.31. The molecule has 0 saturated carbocycles. The summed E-state index contributed by atoms with van der Waals surface area (Å²) in [4.78, 5) is 11.1. The normalized spacial score (nSPS) is 13.5. The van der Waals surface area contributed by atoms with Crippen molar-refractivity contribution in [1.29, 1.82) is 0 Å². The summed E-state index contributed by atoms with van der Waals surface area (Å²) in [6.45, 7) is 0.824. The highest BCUT2D eigenvalue weighted by Gasteiger charge is 2.24. The largest absolute Gasteiger partial charge is 0.370 e. The number of hydrogen-bond acceptors (Lipinski definition) is 4. The van der Waals surface area contributed by atoms with Gasteiger partial charge in [-0.1, -0.05) is 41.9 Å². The van der Waals surface area contributed by atoms with Gasteiger partial charge >= 0.3 is 0 Å². The maximum absolute atomic E-state index is 11.5. The molecule has 1 aliphatic heterocycles. The molecule has 2 aromatic carbocycles. The van der Waals surface area contributed by atoms with Crippen molar-refractivity contribution in [3.05, 3.63) is 80.5 Å². The van der Waals surface area contributed by atoms with Crippen molar-refractivity contribution >= 4 is 23.1 Å². The number of aromatic nitrogens is 2. The van der Waals surface area contributed by atoms with Crippen LogP contribution < -0.4 is 5.32 Å². The van der Waals surface area contributed by atoms with E-state index in [4.69, 9.17) is 16.7 Å². The van der Waals surface area contributed by atoms with E-state index in [9.17, 15) is 10.1 Å². The number of benzene rings is 2. The van der Waals surface area contributed by atoms with Crippen molar-refractivity contribution in [2.24, 2.45) is 0 Å². The van der Waals surface area contributed by atoms with E-state index < -0.39 is 0 Å². The van der Waals surface area contributed by atoms with E-state index in [1.807, 2.05) is 24.3 Å². The standard InChI is InChI=1S/C20H19ClN4O2/c21-16-9-2-1-7-14(16)13-17-15-8-5-6-12-22-20(15)24(23-17)18-10-3-4-11-19(18)25(26)27/h1-4,7,9-11,22H,5-6,8,12-13H2. The fraction of sp³-hybridized carbons (Fsp3) is 0.250. The van der Waals surface area contributed by atoms with Crippen molar-refractivity contribution in [3.63, 3.8) is 0 Å². The molecule has 1 aromatic heterocycles. The van der Waals surface area contributed by atoms with Gasteiger partial charge in [-0.15, -0.1) is 0 Å². The van der Waals surface area contributed by atoms with Gasteiger partial charge in [-0.3, -0.25) is 10.1 Å². The minimum Gasteiger partial charge on any atom is -0.370 e. The number of nitro benzene ring substituents is 1. The molecule has 0 saturated heterocycles. The average molecular weight is 383 g/mol. The van der Waals surface area contributed by atoms with Gasteiger partial charge in [0.25, 0.3) is 5.69 Å². The lowest BCUT2D eigenvalue weighted by Crippen LogP contribution is -2.08. The number of anilines is 1. The van der Waals surface area contributed by atoms with E-state index in [0.717, 1.165) is 48.4 Å². The molecule has 0 radical (unpaired) electrons. The monoisotopic (exact) mass is 382 g/mol. The average Bonchev–Trinajstić information content (AvgIpc) is 2.84. The van der Waals surface area contributed by atoms with Crippen LogP contribution in [0.4, 0.5) is 11.5 Å². The summed E-state index contributed by atoms with van der Waals surface area (Å²) in [7, 11) is 0. The molecule has 1 aliphatic rings. The first-order valence-corrected chi connectivity index (χ1v) is 9.35. The number of hydrogen-bond donors (Lipinski definition) is 1. The third kappa shape index (κ3) is 3.40. The van der Waals surface area contributed by atoms with E-state index >= 15 is 0 Å². The molecule has 0 atom stereocenters. The molecule has 1 N–H and O–H groups in total. The van der Waals surface area contributed by atoms with E-state index in [0.29, 0.717) is 17.1 Å². The van der Waals surface area contributed by atoms with Crippen LogP contribution >= 0.6 is 11.6 Å². The number of para-hydroxylation sites is 2. The zero-order chi connectivity index (χ0) is 18.8. The quantitative estimate of drug-likeness (QED) is 0.521. The topological polar surface area (TPSA) is 73.0 Å². The second-order valence-corrected chi connectivity index (χ2v) is 6.99. The SMILES string of the molecule is O=[N+]([O-])c1ccccc1-n1nc(Cc2ccccc2Cl)c2c1NCCCC2. The molecular formula is C20H19ClN4O2. The van der Waals surface area contributed by atoms with Gasteiger partial charge in [0.05, 0.1) is 10.6 Å². The summed E-state index contributed by atoms with van der Waals surface area (Å²) in [5.41, 5.74) is 3.53. The maximum Gasteiger partial charge on any atom is 0.294 e. The number of nitrogens with one attached hydrogen (secondary N) is 1. The maximum atomic E-state index is 11.5. The summed E-state index contributed by atoms with van der Waals surface area (Å²) in [6, 6.07) is 14.4. The number of nitrogens with zero attached hydrogens (tertiary/aromatic N) is 3. The number of nitro groups is 1. The first kappa shape index (κ1) is 17.5. The lowest BCUT2D eigenvalue weighted by atomic mass is 10.0. The molecule has 2 heterocycles. The Morgan fingerprint density at radius 3 is 2.74 bits per heavy atom. The predicted octanol–water partition coefficient (Wildman–Crippen LogP) is 4.77. The van der Waals surface area contributed by atoms with Crippen LogP contribution in [0.25, 0.3) is 5.69 Å². The van der Waals surface area contributed by atoms with E-state index in [1.165, 1.54) is 6.07 Å². The highest BCUT2D eigenvalue weighted by atomic mass is 35.5. The molecule has 6 nitrogen and oxygen atoms in total. The molecule has 138 valence electrons. The Hall–Kier alpha value is -2.86. The van der Waals surface area contributed by atoms with Gasteiger partial charge in [-0.25, -0.2) is 4.68 Å². The lowest BCUT2D eigenvalue weighted by Gasteiger charge is -2.09. The Balaban J connectivity index is 1.85. The van der Waals surface area contributed by atoms with Crippen molar-refractivity contribution < 1.29 is 4.92 Å². The minimum absolute atomic E-state index is 0.0399. The van der Waals surface area contributed by atoms with Crippen molar-refractivity contribution in [2.75, 3.05) is 11.9 Å². The van der Waals surface area contributed by atoms with Gasteiger partial charge in [0.15, 0.2) is 0 Å². The van der Waals surface area contributed by atoms with Crippen molar-refractivity contribution in [1.82, 2.24) is 9.78 Å². The van der Waals surface area contributed by atoms with Crippen LogP contribution in [-0.2, 0) is 12.8 Å². The second-order valence-electron chi connectivity index (χ2n) is 6.58. The van der Waals surface area contributed by atoms with Gasteiger partial charge < -0.3 is 5.32 Å². The third-order valence-corrected chi connectivity index (χ3v) is 5.20. The fourth-order valence-corrected chi connectivity index (χ4v) is 3.71. The van der Waals surface area contributed by atoms with Crippen LogP contribution in [0.2, 0.25) is 5.02 Å². The molecule has 0 spiro atoms. The zero-order valence-corrected chi connectivity index (χ0v) is 15.4. The molecule has 0 fully saturated rings. The van der Waals surface area contributed by atoms with Crippen molar-refractivity contribution in [2.45, 2.75) is 25.7 Å². The summed E-state index contributed by atoms with van der Waals surface area (Å²) in [5, 5.41) is 20.4. The van der Waals surface area contributed by atoms with Gasteiger partial charge in [-0.05, 0) is 37.0 Å². The Kier molecular flexibility index (Phi) is 4.81. The molecule has 7 heteroatoms. The van der Waals surface area contributed by atoms with Crippen LogP contribution in [0.5, 0.6) is 0 Å². The van der Waals surface area contributed by atoms with Gasteiger partial charge in [-0.2, -0.15) is 5.10 Å². The summed E-state index contributed by atoms with van der Waals surface area (Å²) < 4.78 is 1.69. The molecule has 0 aliphatic carbocycles. The molecule has 3 aromatic rings. The first-order chi connectivity index (χ1) is 13.1. The van der Waals surface area contributed by atoms with E-state index in [2.05, 4.69) is 5.32 Å². The minimum atomic E-state index is -0.367. The lowest BCUT2D eigenvalue weighted by molar-refractivity contribution is -0.384. The van der Waals surface area contributed by atoms with Crippen LogP contribution in [0.1, 0.15) is 29.7 Å². The van der Waals surface area contributed by atoms with E-state index in [-0.39, 0.29) is 10.6 Å². The summed E-state index contributed by atoms with van der Waals surface area (Å²) >= 11 is 6.34. The molecule has 0 bridgehead atoms. The summed E-state index contributed by atoms with van der Waals surface area (Å²) in [6.07, 6.45) is 3.59. The summed E-state index contributed by atoms with van der Waals surface area (Å²) in [5.74, 6) is 0.851. The predicted molar refractivity (Wildman–Crippen MR) is 106 cm³/mol. The zero-order valence-electron chi connectivity index (χ0n) is 14.7. The molecular weight excluding hydrogens is 364 g/mol. The second kappa shape index (κ2) is 7.40. The molecule has 0 amide bonds. The first-order valence-electron chi connectivity index (χ1n) is 8.97. The number of fused-ring (bicyclic) bond motifs is 1. The Morgan fingerprint density at radius 2 is 1.93 bits per heavy atom.